The highest BCUT2D eigenvalue weighted by molar-refractivity contribution is 6.04. The highest BCUT2D eigenvalue weighted by atomic mass is 16.2. The highest BCUT2D eigenvalue weighted by Crippen LogP contribution is 2.20. The standard InChI is InChI=1S/C15H20N4O/c1-18(11-6-5-9-16-10-11)15(20)14-12-7-3-4-8-13(12)19(2)17-14/h3-4,7-8,11,16H,5-6,9-10H2,1-2H3. The molecule has 2 heterocycles. The maximum atomic E-state index is 12.7. The fourth-order valence-corrected chi connectivity index (χ4v) is 2.87. The number of nitrogens with zero attached hydrogens (tertiary/aromatic N) is 3. The summed E-state index contributed by atoms with van der Waals surface area (Å²) in [5.74, 6) is 0.00972. The first-order valence-electron chi connectivity index (χ1n) is 7.08. The molecule has 2 aromatic rings. The van der Waals surface area contributed by atoms with Crippen LogP contribution in [0.15, 0.2) is 24.3 Å². The number of rotatable bonds is 2. The van der Waals surface area contributed by atoms with Gasteiger partial charge in [0.2, 0.25) is 0 Å². The molecule has 1 fully saturated rings. The number of amides is 1. The smallest absolute Gasteiger partial charge is 0.275 e. The van der Waals surface area contributed by atoms with E-state index in [1.807, 2.05) is 43.3 Å². The molecule has 0 saturated carbocycles. The number of aromatic nitrogens is 2. The normalized spacial score (nSPS) is 19.2. The van der Waals surface area contributed by atoms with Gasteiger partial charge in [-0.05, 0) is 25.5 Å². The Kier molecular flexibility index (Phi) is 3.44. The lowest BCUT2D eigenvalue weighted by Crippen LogP contribution is -2.46. The second-order valence-electron chi connectivity index (χ2n) is 5.41. The summed E-state index contributed by atoms with van der Waals surface area (Å²) in [4.78, 5) is 14.5. The number of carbonyl (C=O) groups excluding carboxylic acids is 1. The van der Waals surface area contributed by atoms with E-state index in [0.29, 0.717) is 5.69 Å². The summed E-state index contributed by atoms with van der Waals surface area (Å²) in [6.45, 7) is 1.91. The number of carbonyl (C=O) groups is 1. The van der Waals surface area contributed by atoms with Gasteiger partial charge in [0.25, 0.3) is 5.91 Å². The van der Waals surface area contributed by atoms with Gasteiger partial charge in [-0.2, -0.15) is 5.10 Å². The third kappa shape index (κ3) is 2.18. The molecule has 5 heteroatoms. The number of piperidine rings is 1. The molecule has 3 rings (SSSR count). The number of nitrogens with one attached hydrogen (secondary N) is 1. The molecule has 0 radical (unpaired) electrons. The Hall–Kier alpha value is -1.88. The largest absolute Gasteiger partial charge is 0.336 e. The number of fused-ring (bicyclic) bond motifs is 1. The molecule has 1 aliphatic heterocycles. The summed E-state index contributed by atoms with van der Waals surface area (Å²) in [6.07, 6.45) is 2.17. The first kappa shape index (κ1) is 13.1. The predicted molar refractivity (Wildman–Crippen MR) is 78.7 cm³/mol. The van der Waals surface area contributed by atoms with Crippen LogP contribution in [0.2, 0.25) is 0 Å². The van der Waals surface area contributed by atoms with Crippen molar-refractivity contribution in [3.63, 3.8) is 0 Å². The molecule has 1 aromatic heterocycles. The number of hydrogen-bond donors (Lipinski definition) is 1. The minimum Gasteiger partial charge on any atom is -0.336 e. The summed E-state index contributed by atoms with van der Waals surface area (Å²) < 4.78 is 1.77. The molecular weight excluding hydrogens is 252 g/mol. The molecular formula is C15H20N4O. The highest BCUT2D eigenvalue weighted by Gasteiger charge is 2.26. The topological polar surface area (TPSA) is 50.2 Å². The monoisotopic (exact) mass is 272 g/mol. The number of benzene rings is 1. The molecule has 1 amide bonds. The van der Waals surface area contributed by atoms with Gasteiger partial charge in [-0.25, -0.2) is 0 Å². The number of aryl methyl sites for hydroxylation is 1. The quantitative estimate of drug-likeness (QED) is 0.899. The second kappa shape index (κ2) is 5.25. The third-order valence-corrected chi connectivity index (χ3v) is 4.10. The fourth-order valence-electron chi connectivity index (χ4n) is 2.87. The van der Waals surface area contributed by atoms with Crippen LogP contribution in [0.1, 0.15) is 23.3 Å². The fraction of sp³-hybridized carbons (Fsp3) is 0.467. The van der Waals surface area contributed by atoms with Crippen LogP contribution in [0.4, 0.5) is 0 Å². The van der Waals surface area contributed by atoms with E-state index < -0.39 is 0 Å². The molecule has 5 nitrogen and oxygen atoms in total. The van der Waals surface area contributed by atoms with E-state index in [1.165, 1.54) is 0 Å². The number of hydrogen-bond acceptors (Lipinski definition) is 3. The van der Waals surface area contributed by atoms with Crippen LogP contribution < -0.4 is 5.32 Å². The lowest BCUT2D eigenvalue weighted by Gasteiger charge is -2.31. The van der Waals surface area contributed by atoms with Crippen molar-refractivity contribution in [2.24, 2.45) is 7.05 Å². The van der Waals surface area contributed by atoms with Crippen molar-refractivity contribution in [1.82, 2.24) is 20.0 Å². The van der Waals surface area contributed by atoms with Gasteiger partial charge in [-0.1, -0.05) is 18.2 Å². The predicted octanol–water partition coefficient (Wildman–Crippen LogP) is 1.40. The van der Waals surface area contributed by atoms with Gasteiger partial charge in [0, 0.05) is 32.1 Å². The summed E-state index contributed by atoms with van der Waals surface area (Å²) in [7, 11) is 3.75. The third-order valence-electron chi connectivity index (χ3n) is 4.10. The number of likely N-dealkylation sites (N-methyl/N-ethyl adjacent to an activating group) is 1. The Morgan fingerprint density at radius 3 is 3.00 bits per heavy atom. The van der Waals surface area contributed by atoms with Gasteiger partial charge in [0.15, 0.2) is 5.69 Å². The summed E-state index contributed by atoms with van der Waals surface area (Å²) in [6, 6.07) is 8.12. The maximum Gasteiger partial charge on any atom is 0.275 e. The molecule has 20 heavy (non-hydrogen) atoms. The molecule has 1 aliphatic rings. The Morgan fingerprint density at radius 2 is 2.25 bits per heavy atom. The minimum absolute atomic E-state index is 0.00972. The van der Waals surface area contributed by atoms with Crippen LogP contribution in [-0.2, 0) is 7.05 Å². The van der Waals surface area contributed by atoms with Crippen LogP contribution in [0.5, 0.6) is 0 Å². The van der Waals surface area contributed by atoms with Gasteiger partial charge in [0.05, 0.1) is 5.52 Å². The van der Waals surface area contributed by atoms with Crippen LogP contribution in [0.3, 0.4) is 0 Å². The molecule has 1 saturated heterocycles. The van der Waals surface area contributed by atoms with E-state index >= 15 is 0 Å². The SMILES string of the molecule is CN(C(=O)c1nn(C)c2ccccc12)C1CCCNC1. The second-order valence-corrected chi connectivity index (χ2v) is 5.41. The van der Waals surface area contributed by atoms with E-state index in [4.69, 9.17) is 0 Å². The Labute approximate surface area is 118 Å². The zero-order valence-corrected chi connectivity index (χ0v) is 12.0. The van der Waals surface area contributed by atoms with Gasteiger partial charge in [-0.3, -0.25) is 9.48 Å². The maximum absolute atomic E-state index is 12.7. The van der Waals surface area contributed by atoms with E-state index in [0.717, 1.165) is 36.8 Å². The molecule has 0 spiro atoms. The Morgan fingerprint density at radius 1 is 1.45 bits per heavy atom. The van der Waals surface area contributed by atoms with E-state index in [-0.39, 0.29) is 11.9 Å². The van der Waals surface area contributed by atoms with Crippen LogP contribution in [-0.4, -0.2) is 46.8 Å². The van der Waals surface area contributed by atoms with Crippen molar-refractivity contribution in [2.75, 3.05) is 20.1 Å². The van der Waals surface area contributed by atoms with Gasteiger partial charge in [0.1, 0.15) is 0 Å². The van der Waals surface area contributed by atoms with Crippen molar-refractivity contribution < 1.29 is 4.79 Å². The van der Waals surface area contributed by atoms with Crippen molar-refractivity contribution >= 4 is 16.8 Å². The van der Waals surface area contributed by atoms with E-state index in [2.05, 4.69) is 10.4 Å². The van der Waals surface area contributed by atoms with Gasteiger partial charge < -0.3 is 10.2 Å². The van der Waals surface area contributed by atoms with Crippen LogP contribution in [0, 0.1) is 0 Å². The van der Waals surface area contributed by atoms with Crippen molar-refractivity contribution in [2.45, 2.75) is 18.9 Å². The molecule has 0 bridgehead atoms. The summed E-state index contributed by atoms with van der Waals surface area (Å²) in [5, 5.41) is 8.68. The zero-order valence-electron chi connectivity index (χ0n) is 12.0. The molecule has 1 N–H and O–H groups in total. The van der Waals surface area contributed by atoms with E-state index in [9.17, 15) is 4.79 Å². The first-order valence-corrected chi connectivity index (χ1v) is 7.08. The summed E-state index contributed by atoms with van der Waals surface area (Å²) >= 11 is 0. The molecule has 1 atom stereocenters. The Bertz CT molecular complexity index is 628. The van der Waals surface area contributed by atoms with Crippen molar-refractivity contribution in [3.8, 4) is 0 Å². The first-order chi connectivity index (χ1) is 9.68. The summed E-state index contributed by atoms with van der Waals surface area (Å²) in [5.41, 5.74) is 1.54. The zero-order chi connectivity index (χ0) is 14.1. The average Bonchev–Trinajstić information content (AvgIpc) is 2.84. The molecule has 1 unspecified atom stereocenters. The minimum atomic E-state index is 0.00972. The van der Waals surface area contributed by atoms with Gasteiger partial charge in [-0.15, -0.1) is 0 Å². The number of para-hydroxylation sites is 1. The lowest BCUT2D eigenvalue weighted by molar-refractivity contribution is 0.0703. The molecule has 1 aromatic carbocycles. The molecule has 0 aliphatic carbocycles. The van der Waals surface area contributed by atoms with Gasteiger partial charge >= 0.3 is 0 Å². The van der Waals surface area contributed by atoms with Crippen LogP contribution in [0.25, 0.3) is 10.9 Å². The Balaban J connectivity index is 1.92. The van der Waals surface area contributed by atoms with Crippen molar-refractivity contribution in [3.05, 3.63) is 30.0 Å². The molecule has 106 valence electrons. The van der Waals surface area contributed by atoms with E-state index in [1.54, 1.807) is 4.68 Å². The lowest BCUT2D eigenvalue weighted by atomic mass is 10.1. The average molecular weight is 272 g/mol. The van der Waals surface area contributed by atoms with Crippen molar-refractivity contribution in [1.29, 1.82) is 0 Å². The van der Waals surface area contributed by atoms with Crippen LogP contribution >= 0.6 is 0 Å².